The standard InChI is InChI=1S/C54H58O11/c55-47-48(45(37-57-31-39-19-7-1-8-20-39)63-53(56)50(47)60-34-42-25-13-4-14-26-42)65-54-52(62-36-44-29-17-6-18-30-44)51(61-35-43-27-15-5-16-28-43)49(59-33-41-23-11-3-12-24-41)46(64-54)38-58-32-40-21-9-2-10-22-40/h1-30,45-56H,31-38H2/t45-,46-,47+,48+,49-,50-,51+,52+,53+,54?/m1/s1. The van der Waals surface area contributed by atoms with Gasteiger partial charge in [-0.25, -0.2) is 0 Å². The highest BCUT2D eigenvalue weighted by Crippen LogP contribution is 2.35. The molecule has 6 aromatic carbocycles. The van der Waals surface area contributed by atoms with Gasteiger partial charge in [0.1, 0.15) is 48.8 Å². The molecular formula is C54H58O11. The summed E-state index contributed by atoms with van der Waals surface area (Å²) in [5.41, 5.74) is 5.67. The van der Waals surface area contributed by atoms with E-state index in [9.17, 15) is 10.2 Å². The number of aliphatic hydroxyl groups is 2. The molecule has 11 heteroatoms. The third-order valence-electron chi connectivity index (χ3n) is 11.4. The Balaban J connectivity index is 1.13. The molecule has 2 N–H and O–H groups in total. The van der Waals surface area contributed by atoms with E-state index >= 15 is 0 Å². The molecule has 2 aliphatic rings. The Hall–Kier alpha value is -5.12. The van der Waals surface area contributed by atoms with Crippen molar-refractivity contribution in [2.24, 2.45) is 0 Å². The van der Waals surface area contributed by atoms with Gasteiger partial charge in [0.2, 0.25) is 0 Å². The van der Waals surface area contributed by atoms with Gasteiger partial charge in [0.15, 0.2) is 12.6 Å². The van der Waals surface area contributed by atoms with E-state index in [0.29, 0.717) is 6.61 Å². The van der Waals surface area contributed by atoms with Crippen molar-refractivity contribution in [3.63, 3.8) is 0 Å². The first-order valence-electron chi connectivity index (χ1n) is 22.3. The van der Waals surface area contributed by atoms with Crippen molar-refractivity contribution in [1.29, 1.82) is 0 Å². The van der Waals surface area contributed by atoms with Crippen LogP contribution in [0.15, 0.2) is 182 Å². The number of hydrogen-bond acceptors (Lipinski definition) is 11. The third-order valence-corrected chi connectivity index (χ3v) is 11.4. The molecule has 0 saturated carbocycles. The zero-order valence-electron chi connectivity index (χ0n) is 36.3. The average Bonchev–Trinajstić information content (AvgIpc) is 3.35. The van der Waals surface area contributed by atoms with Crippen LogP contribution in [0, 0.1) is 0 Å². The van der Waals surface area contributed by atoms with Crippen LogP contribution in [0.5, 0.6) is 0 Å². The maximum Gasteiger partial charge on any atom is 0.187 e. The molecule has 0 spiro atoms. The van der Waals surface area contributed by atoms with Gasteiger partial charge in [0, 0.05) is 0 Å². The van der Waals surface area contributed by atoms with Crippen LogP contribution in [0.1, 0.15) is 33.4 Å². The Bertz CT molecular complexity index is 2200. The van der Waals surface area contributed by atoms with Crippen molar-refractivity contribution < 1.29 is 52.8 Å². The summed E-state index contributed by atoms with van der Waals surface area (Å²) in [7, 11) is 0. The molecule has 0 bridgehead atoms. The van der Waals surface area contributed by atoms with Gasteiger partial charge in [-0.1, -0.05) is 182 Å². The molecule has 0 aromatic heterocycles. The van der Waals surface area contributed by atoms with Gasteiger partial charge in [-0.3, -0.25) is 0 Å². The molecule has 2 fully saturated rings. The zero-order valence-corrected chi connectivity index (χ0v) is 36.3. The highest BCUT2D eigenvalue weighted by atomic mass is 16.7. The van der Waals surface area contributed by atoms with Crippen LogP contribution in [0.25, 0.3) is 0 Å². The lowest BCUT2D eigenvalue weighted by Gasteiger charge is -2.49. The summed E-state index contributed by atoms with van der Waals surface area (Å²) in [5, 5.41) is 23.7. The van der Waals surface area contributed by atoms with E-state index in [2.05, 4.69) is 0 Å². The van der Waals surface area contributed by atoms with Crippen molar-refractivity contribution in [3.8, 4) is 0 Å². The highest BCUT2D eigenvalue weighted by Gasteiger charge is 2.53. The fourth-order valence-corrected chi connectivity index (χ4v) is 8.04. The van der Waals surface area contributed by atoms with Gasteiger partial charge in [0.05, 0.1) is 52.9 Å². The molecule has 2 heterocycles. The van der Waals surface area contributed by atoms with Gasteiger partial charge >= 0.3 is 0 Å². The van der Waals surface area contributed by atoms with Gasteiger partial charge in [-0.05, 0) is 33.4 Å². The zero-order chi connectivity index (χ0) is 44.5. The molecule has 1 unspecified atom stereocenters. The van der Waals surface area contributed by atoms with E-state index in [1.165, 1.54) is 0 Å². The molecule has 6 aromatic rings. The van der Waals surface area contributed by atoms with Crippen LogP contribution in [-0.2, 0) is 82.3 Å². The molecule has 2 saturated heterocycles. The second-order valence-corrected chi connectivity index (χ2v) is 16.2. The SMILES string of the molecule is O[C@@H]1[C@@H](OCc2ccccc2)[C@@H](O)O[C@H](COCc2ccccc2)[C@@H]1OC1O[C@H](COCc2ccccc2)[C@@H](OCc2ccccc2)[C@H](OCc2ccccc2)[C@@H]1OCc1ccccc1. The lowest BCUT2D eigenvalue weighted by atomic mass is 9.96. The Morgan fingerprint density at radius 1 is 0.338 bits per heavy atom. The van der Waals surface area contributed by atoms with Crippen molar-refractivity contribution in [2.45, 2.75) is 101 Å². The van der Waals surface area contributed by atoms with Gasteiger partial charge in [-0.15, -0.1) is 0 Å². The lowest BCUT2D eigenvalue weighted by Crippen LogP contribution is -2.66. The minimum Gasteiger partial charge on any atom is -0.387 e. The number of rotatable bonds is 22. The number of benzene rings is 6. The Morgan fingerprint density at radius 3 is 1.06 bits per heavy atom. The van der Waals surface area contributed by atoms with E-state index in [4.69, 9.17) is 42.6 Å². The predicted molar refractivity (Wildman–Crippen MR) is 243 cm³/mol. The lowest BCUT2D eigenvalue weighted by molar-refractivity contribution is -0.371. The summed E-state index contributed by atoms with van der Waals surface area (Å²) in [5.74, 6) is 0. The average molecular weight is 883 g/mol. The van der Waals surface area contributed by atoms with Crippen molar-refractivity contribution in [1.82, 2.24) is 0 Å². The van der Waals surface area contributed by atoms with E-state index in [0.717, 1.165) is 33.4 Å². The molecule has 0 aliphatic carbocycles. The molecule has 340 valence electrons. The molecule has 0 radical (unpaired) electrons. The maximum atomic E-state index is 12.3. The summed E-state index contributed by atoms with van der Waals surface area (Å²) in [4.78, 5) is 0. The molecule has 10 atom stereocenters. The third kappa shape index (κ3) is 13.5. The highest BCUT2D eigenvalue weighted by molar-refractivity contribution is 5.18. The minimum absolute atomic E-state index is 0.0261. The summed E-state index contributed by atoms with van der Waals surface area (Å²) < 4.78 is 59.6. The molecule has 0 amide bonds. The second kappa shape index (κ2) is 24.4. The molecule has 65 heavy (non-hydrogen) atoms. The van der Waals surface area contributed by atoms with E-state index in [1.54, 1.807) is 0 Å². The van der Waals surface area contributed by atoms with Crippen LogP contribution >= 0.6 is 0 Å². The molecule has 8 rings (SSSR count). The van der Waals surface area contributed by atoms with Crippen LogP contribution < -0.4 is 0 Å². The van der Waals surface area contributed by atoms with Gasteiger partial charge in [0.25, 0.3) is 0 Å². The van der Waals surface area contributed by atoms with Crippen LogP contribution in [0.4, 0.5) is 0 Å². The molecular weight excluding hydrogens is 825 g/mol. The van der Waals surface area contributed by atoms with Crippen LogP contribution in [0.3, 0.4) is 0 Å². The number of ether oxygens (including phenoxy) is 9. The number of hydrogen-bond donors (Lipinski definition) is 2. The number of aliphatic hydroxyl groups excluding tert-OH is 2. The largest absolute Gasteiger partial charge is 0.387 e. The first-order valence-corrected chi connectivity index (χ1v) is 22.3. The van der Waals surface area contributed by atoms with Crippen LogP contribution in [-0.4, -0.2) is 84.8 Å². The Labute approximate surface area is 381 Å². The van der Waals surface area contributed by atoms with E-state index in [1.807, 2.05) is 182 Å². The fourth-order valence-electron chi connectivity index (χ4n) is 8.04. The summed E-state index contributed by atoms with van der Waals surface area (Å²) in [6.45, 7) is 1.49. The summed E-state index contributed by atoms with van der Waals surface area (Å²) in [6, 6.07) is 58.9. The summed E-state index contributed by atoms with van der Waals surface area (Å²) >= 11 is 0. The van der Waals surface area contributed by atoms with E-state index in [-0.39, 0.29) is 46.2 Å². The minimum atomic E-state index is -1.49. The topological polar surface area (TPSA) is 124 Å². The van der Waals surface area contributed by atoms with E-state index < -0.39 is 61.4 Å². The first-order chi connectivity index (χ1) is 32.1. The molecule has 11 nitrogen and oxygen atoms in total. The Kier molecular flexibility index (Phi) is 17.4. The fraction of sp³-hybridized carbons (Fsp3) is 0.333. The maximum absolute atomic E-state index is 12.3. The van der Waals surface area contributed by atoms with Crippen molar-refractivity contribution in [2.75, 3.05) is 13.2 Å². The van der Waals surface area contributed by atoms with Crippen LogP contribution in [0.2, 0.25) is 0 Å². The molecule has 2 aliphatic heterocycles. The van der Waals surface area contributed by atoms with Crippen molar-refractivity contribution in [3.05, 3.63) is 215 Å². The Morgan fingerprint density at radius 2 is 0.662 bits per heavy atom. The van der Waals surface area contributed by atoms with Crippen molar-refractivity contribution >= 4 is 0 Å². The first kappa shape index (κ1) is 46.4. The van der Waals surface area contributed by atoms with Gasteiger partial charge in [-0.2, -0.15) is 0 Å². The second-order valence-electron chi connectivity index (χ2n) is 16.2. The smallest absolute Gasteiger partial charge is 0.187 e. The summed E-state index contributed by atoms with van der Waals surface area (Å²) in [6.07, 6.45) is -10.5. The predicted octanol–water partition coefficient (Wildman–Crippen LogP) is 7.95. The monoisotopic (exact) mass is 882 g/mol. The van der Waals surface area contributed by atoms with Gasteiger partial charge < -0.3 is 52.8 Å². The quantitative estimate of drug-likeness (QED) is 0.0691. The normalized spacial score (nSPS) is 25.6.